The van der Waals surface area contributed by atoms with Crippen LogP contribution in [0.4, 0.5) is 0 Å². The van der Waals surface area contributed by atoms with Gasteiger partial charge in [-0.05, 0) is 37.6 Å². The highest BCUT2D eigenvalue weighted by Crippen LogP contribution is 2.38. The van der Waals surface area contributed by atoms with Crippen molar-refractivity contribution in [2.24, 2.45) is 0 Å². The van der Waals surface area contributed by atoms with Crippen molar-refractivity contribution in [2.45, 2.75) is 25.3 Å². The smallest absolute Gasteiger partial charge is 0.161 e. The Hall–Kier alpha value is -1.42. The predicted molar refractivity (Wildman–Crippen MR) is 57.7 cm³/mol. The molecule has 0 saturated heterocycles. The highest BCUT2D eigenvalue weighted by atomic mass is 15.2. The van der Waals surface area contributed by atoms with Gasteiger partial charge < -0.3 is 5.32 Å². The van der Waals surface area contributed by atoms with Gasteiger partial charge in [0.05, 0.1) is 0 Å². The highest BCUT2D eigenvalue weighted by molar-refractivity contribution is 5.42. The lowest BCUT2D eigenvalue weighted by Crippen LogP contribution is -2.05. The molecule has 0 bridgehead atoms. The first-order chi connectivity index (χ1) is 7.38. The van der Waals surface area contributed by atoms with E-state index in [1.54, 1.807) is 0 Å². The molecule has 1 N–H and O–H groups in total. The fourth-order valence-corrected chi connectivity index (χ4v) is 1.89. The minimum absolute atomic E-state index is 0.648. The maximum absolute atomic E-state index is 4.25. The first-order valence-electron chi connectivity index (χ1n) is 5.36. The van der Waals surface area contributed by atoms with Crippen LogP contribution < -0.4 is 5.32 Å². The largest absolute Gasteiger partial charge is 0.316 e. The van der Waals surface area contributed by atoms with Crippen molar-refractivity contribution in [3.05, 3.63) is 29.7 Å². The van der Waals surface area contributed by atoms with Gasteiger partial charge in [-0.3, -0.25) is 4.40 Å². The van der Waals surface area contributed by atoms with Crippen LogP contribution in [0, 0.1) is 0 Å². The number of nitrogens with zero attached hydrogens (tertiary/aromatic N) is 3. The van der Waals surface area contributed by atoms with Gasteiger partial charge in [-0.15, -0.1) is 10.2 Å². The number of pyridine rings is 1. The van der Waals surface area contributed by atoms with Crippen molar-refractivity contribution in [2.75, 3.05) is 7.05 Å². The summed E-state index contributed by atoms with van der Waals surface area (Å²) in [4.78, 5) is 0. The third-order valence-corrected chi connectivity index (χ3v) is 2.82. The van der Waals surface area contributed by atoms with Crippen LogP contribution in [0.5, 0.6) is 0 Å². The van der Waals surface area contributed by atoms with Crippen molar-refractivity contribution >= 4 is 5.65 Å². The third-order valence-electron chi connectivity index (χ3n) is 2.82. The van der Waals surface area contributed by atoms with Gasteiger partial charge >= 0.3 is 0 Å². The standard InChI is InChI=1S/C11H14N4/c1-12-7-8-4-5-15-10(6-8)13-14-11(15)9-2-3-9/h4-6,9,12H,2-3,7H2,1H3. The molecule has 1 fully saturated rings. The molecule has 1 aliphatic rings. The Morgan fingerprint density at radius 2 is 2.33 bits per heavy atom. The first-order valence-corrected chi connectivity index (χ1v) is 5.36. The van der Waals surface area contributed by atoms with Crippen molar-refractivity contribution in [3.63, 3.8) is 0 Å². The Balaban J connectivity index is 2.05. The Bertz CT molecular complexity index is 484. The molecule has 0 aliphatic heterocycles. The van der Waals surface area contributed by atoms with Crippen LogP contribution in [0.3, 0.4) is 0 Å². The minimum Gasteiger partial charge on any atom is -0.316 e. The molecule has 4 nitrogen and oxygen atoms in total. The Labute approximate surface area is 88.3 Å². The number of rotatable bonds is 3. The minimum atomic E-state index is 0.648. The molecule has 0 amide bonds. The van der Waals surface area contributed by atoms with E-state index in [1.165, 1.54) is 18.4 Å². The maximum Gasteiger partial charge on any atom is 0.161 e. The van der Waals surface area contributed by atoms with Gasteiger partial charge in [-0.2, -0.15) is 0 Å². The van der Waals surface area contributed by atoms with Gasteiger partial charge in [-0.1, -0.05) is 0 Å². The monoisotopic (exact) mass is 202 g/mol. The Morgan fingerprint density at radius 3 is 3.07 bits per heavy atom. The SMILES string of the molecule is CNCc1ccn2c(C3CC3)nnc2c1. The van der Waals surface area contributed by atoms with Crippen LogP contribution in [0.1, 0.15) is 30.1 Å². The normalized spacial score (nSPS) is 16.1. The van der Waals surface area contributed by atoms with E-state index in [0.717, 1.165) is 18.0 Å². The number of hydrogen-bond donors (Lipinski definition) is 1. The molecule has 0 aromatic carbocycles. The van der Waals surface area contributed by atoms with E-state index < -0.39 is 0 Å². The molecule has 1 aliphatic carbocycles. The molecule has 78 valence electrons. The molecule has 15 heavy (non-hydrogen) atoms. The van der Waals surface area contributed by atoms with E-state index in [1.807, 2.05) is 7.05 Å². The Morgan fingerprint density at radius 1 is 1.47 bits per heavy atom. The second-order valence-corrected chi connectivity index (χ2v) is 4.13. The molecule has 4 heteroatoms. The van der Waals surface area contributed by atoms with E-state index >= 15 is 0 Å². The maximum atomic E-state index is 4.25. The number of nitrogens with one attached hydrogen (secondary N) is 1. The molecular formula is C11H14N4. The highest BCUT2D eigenvalue weighted by Gasteiger charge is 2.28. The van der Waals surface area contributed by atoms with Gasteiger partial charge in [0.2, 0.25) is 0 Å². The summed E-state index contributed by atoms with van der Waals surface area (Å²) in [6.45, 7) is 0.877. The van der Waals surface area contributed by atoms with Gasteiger partial charge in [-0.25, -0.2) is 0 Å². The number of aromatic nitrogens is 3. The second-order valence-electron chi connectivity index (χ2n) is 4.13. The van der Waals surface area contributed by atoms with Crippen LogP contribution in [-0.2, 0) is 6.54 Å². The summed E-state index contributed by atoms with van der Waals surface area (Å²) < 4.78 is 2.11. The third kappa shape index (κ3) is 1.51. The molecule has 0 unspecified atom stereocenters. The molecule has 1 saturated carbocycles. The van der Waals surface area contributed by atoms with Gasteiger partial charge in [0.15, 0.2) is 5.65 Å². The van der Waals surface area contributed by atoms with Crippen molar-refractivity contribution in [3.8, 4) is 0 Å². The number of fused-ring (bicyclic) bond motifs is 1. The van der Waals surface area contributed by atoms with E-state index in [0.29, 0.717) is 5.92 Å². The van der Waals surface area contributed by atoms with Crippen LogP contribution in [0.2, 0.25) is 0 Å². The molecule has 2 aromatic rings. The summed E-state index contributed by atoms with van der Waals surface area (Å²) in [5.41, 5.74) is 2.21. The zero-order valence-electron chi connectivity index (χ0n) is 8.77. The quantitative estimate of drug-likeness (QED) is 0.816. The lowest BCUT2D eigenvalue weighted by Gasteiger charge is -2.01. The van der Waals surface area contributed by atoms with Gasteiger partial charge in [0.25, 0.3) is 0 Å². The molecule has 0 spiro atoms. The van der Waals surface area contributed by atoms with Crippen LogP contribution in [0.15, 0.2) is 18.3 Å². The van der Waals surface area contributed by atoms with Gasteiger partial charge in [0, 0.05) is 18.7 Å². The fraction of sp³-hybridized carbons (Fsp3) is 0.455. The zero-order valence-corrected chi connectivity index (χ0v) is 8.77. The second kappa shape index (κ2) is 3.31. The zero-order chi connectivity index (χ0) is 10.3. The fourth-order valence-electron chi connectivity index (χ4n) is 1.89. The van der Waals surface area contributed by atoms with Crippen LogP contribution in [0.25, 0.3) is 5.65 Å². The van der Waals surface area contributed by atoms with Crippen LogP contribution in [-0.4, -0.2) is 21.6 Å². The van der Waals surface area contributed by atoms with Crippen LogP contribution >= 0.6 is 0 Å². The molecule has 0 radical (unpaired) electrons. The topological polar surface area (TPSA) is 42.2 Å². The molecule has 2 heterocycles. The average Bonchev–Trinajstić information content (AvgIpc) is 3.00. The molecular weight excluding hydrogens is 188 g/mol. The van der Waals surface area contributed by atoms with E-state index in [-0.39, 0.29) is 0 Å². The van der Waals surface area contributed by atoms with Crippen molar-refractivity contribution in [1.82, 2.24) is 19.9 Å². The van der Waals surface area contributed by atoms with Gasteiger partial charge in [0.1, 0.15) is 5.82 Å². The molecule has 0 atom stereocenters. The summed E-state index contributed by atoms with van der Waals surface area (Å²) in [6, 6.07) is 4.22. The predicted octanol–water partition coefficient (Wildman–Crippen LogP) is 1.33. The average molecular weight is 202 g/mol. The Kier molecular flexibility index (Phi) is 1.95. The van der Waals surface area contributed by atoms with E-state index in [9.17, 15) is 0 Å². The van der Waals surface area contributed by atoms with E-state index in [2.05, 4.69) is 38.2 Å². The molecule has 2 aromatic heterocycles. The lowest BCUT2D eigenvalue weighted by atomic mass is 10.2. The summed E-state index contributed by atoms with van der Waals surface area (Å²) in [7, 11) is 1.95. The summed E-state index contributed by atoms with van der Waals surface area (Å²) >= 11 is 0. The lowest BCUT2D eigenvalue weighted by molar-refractivity contribution is 0.814. The summed E-state index contributed by atoms with van der Waals surface area (Å²) in [6.07, 6.45) is 4.60. The summed E-state index contributed by atoms with van der Waals surface area (Å²) in [5, 5.41) is 11.6. The van der Waals surface area contributed by atoms with Crippen molar-refractivity contribution in [1.29, 1.82) is 0 Å². The van der Waals surface area contributed by atoms with Crippen molar-refractivity contribution < 1.29 is 0 Å². The van der Waals surface area contributed by atoms with E-state index in [4.69, 9.17) is 0 Å². The first kappa shape index (κ1) is 8.85. The molecule has 3 rings (SSSR count). The number of hydrogen-bond acceptors (Lipinski definition) is 3. The summed E-state index contributed by atoms with van der Waals surface area (Å²) in [5.74, 6) is 1.77.